The van der Waals surface area contributed by atoms with E-state index in [1.54, 1.807) is 24.3 Å². The minimum atomic E-state index is -0.450. The Morgan fingerprint density at radius 1 is 0.889 bits per heavy atom. The Kier molecular flexibility index (Phi) is 4.85. The lowest BCUT2D eigenvalue weighted by molar-refractivity contribution is 0.494. The largest absolute Gasteiger partial charge is 0.418 e. The summed E-state index contributed by atoms with van der Waals surface area (Å²) in [5, 5.41) is 12.3. The number of benzene rings is 3. The van der Waals surface area contributed by atoms with E-state index in [1.165, 1.54) is 12.1 Å². The molecule has 0 saturated carbocycles. The maximum Gasteiger partial charge on any atom is 0.247 e. The summed E-state index contributed by atoms with van der Waals surface area (Å²) in [7, 11) is 0. The molecule has 1 N–H and O–H groups in total. The van der Waals surface area contributed by atoms with Gasteiger partial charge in [0, 0.05) is 16.3 Å². The van der Waals surface area contributed by atoms with Crippen LogP contribution in [-0.4, -0.2) is 10.2 Å². The third-order valence-electron chi connectivity index (χ3n) is 4.05. The Bertz CT molecular complexity index is 1030. The van der Waals surface area contributed by atoms with Gasteiger partial charge in [0.05, 0.1) is 0 Å². The number of nitrogens with one attached hydrogen (secondary N) is 1. The molecule has 0 aliphatic carbocycles. The lowest BCUT2D eigenvalue weighted by atomic mass is 10.1. The van der Waals surface area contributed by atoms with E-state index < -0.39 is 6.04 Å². The van der Waals surface area contributed by atoms with Crippen LogP contribution in [0.15, 0.2) is 83.3 Å². The predicted molar refractivity (Wildman–Crippen MR) is 103 cm³/mol. The van der Waals surface area contributed by atoms with Crippen molar-refractivity contribution in [1.29, 1.82) is 0 Å². The number of anilines is 1. The average molecular weight is 380 g/mol. The summed E-state index contributed by atoms with van der Waals surface area (Å²) in [6, 6.07) is 22.6. The topological polar surface area (TPSA) is 51.0 Å². The Labute approximate surface area is 160 Å². The van der Waals surface area contributed by atoms with Crippen molar-refractivity contribution in [3.05, 3.63) is 101 Å². The fourth-order valence-corrected chi connectivity index (χ4v) is 2.93. The van der Waals surface area contributed by atoms with Gasteiger partial charge in [-0.15, -0.1) is 10.2 Å². The van der Waals surface area contributed by atoms with E-state index in [-0.39, 0.29) is 5.82 Å². The van der Waals surface area contributed by atoms with Gasteiger partial charge in [0.15, 0.2) is 0 Å². The van der Waals surface area contributed by atoms with E-state index in [9.17, 15) is 4.39 Å². The molecule has 0 bridgehead atoms. The number of aromatic nitrogens is 2. The van der Waals surface area contributed by atoms with Gasteiger partial charge in [0.1, 0.15) is 11.9 Å². The molecule has 1 aromatic heterocycles. The first-order valence-corrected chi connectivity index (χ1v) is 8.73. The molecular weight excluding hydrogens is 365 g/mol. The van der Waals surface area contributed by atoms with Gasteiger partial charge in [-0.1, -0.05) is 48.0 Å². The highest BCUT2D eigenvalue weighted by atomic mass is 35.5. The second-order valence-electron chi connectivity index (χ2n) is 5.95. The molecule has 1 heterocycles. The molecule has 27 heavy (non-hydrogen) atoms. The van der Waals surface area contributed by atoms with Gasteiger partial charge in [0.2, 0.25) is 11.8 Å². The van der Waals surface area contributed by atoms with Gasteiger partial charge in [-0.25, -0.2) is 4.39 Å². The fourth-order valence-electron chi connectivity index (χ4n) is 2.74. The number of hydrogen-bond acceptors (Lipinski definition) is 4. The fraction of sp³-hybridized carbons (Fsp3) is 0.0476. The van der Waals surface area contributed by atoms with Crippen LogP contribution in [0.3, 0.4) is 0 Å². The van der Waals surface area contributed by atoms with Gasteiger partial charge < -0.3 is 9.73 Å². The van der Waals surface area contributed by atoms with Crippen molar-refractivity contribution in [3.8, 4) is 11.5 Å². The number of halogens is 2. The standard InChI is InChI=1S/C21H15ClFN3O/c22-16-7-4-8-18(13-16)24-19(14-9-11-17(23)12-10-14)21-26-25-20(27-21)15-5-2-1-3-6-15/h1-13,19,24H. The van der Waals surface area contributed by atoms with E-state index >= 15 is 0 Å². The SMILES string of the molecule is Fc1ccc(C(Nc2cccc(Cl)c2)c2nnc(-c3ccccc3)o2)cc1. The second-order valence-corrected chi connectivity index (χ2v) is 6.39. The van der Waals surface area contributed by atoms with Gasteiger partial charge in [-0.2, -0.15) is 0 Å². The maximum atomic E-state index is 13.4. The van der Waals surface area contributed by atoms with Crippen molar-refractivity contribution in [2.45, 2.75) is 6.04 Å². The van der Waals surface area contributed by atoms with Crippen LogP contribution >= 0.6 is 11.6 Å². The molecule has 4 rings (SSSR count). The summed E-state index contributed by atoms with van der Waals surface area (Å²) < 4.78 is 19.3. The molecule has 134 valence electrons. The number of hydrogen-bond donors (Lipinski definition) is 1. The molecule has 0 aliphatic heterocycles. The minimum absolute atomic E-state index is 0.309. The lowest BCUT2D eigenvalue weighted by Crippen LogP contribution is -2.13. The monoisotopic (exact) mass is 379 g/mol. The molecule has 0 aliphatic rings. The molecule has 0 radical (unpaired) electrons. The highest BCUT2D eigenvalue weighted by Gasteiger charge is 2.21. The zero-order chi connectivity index (χ0) is 18.6. The minimum Gasteiger partial charge on any atom is -0.418 e. The maximum absolute atomic E-state index is 13.4. The van der Waals surface area contributed by atoms with Crippen molar-refractivity contribution in [2.75, 3.05) is 5.32 Å². The molecule has 4 nitrogen and oxygen atoms in total. The van der Waals surface area contributed by atoms with E-state index in [2.05, 4.69) is 15.5 Å². The summed E-state index contributed by atoms with van der Waals surface area (Å²) in [5.41, 5.74) is 2.41. The first kappa shape index (κ1) is 17.2. The van der Waals surface area contributed by atoms with Crippen molar-refractivity contribution < 1.29 is 8.81 Å². The molecule has 4 aromatic rings. The van der Waals surface area contributed by atoms with Crippen LogP contribution in [-0.2, 0) is 0 Å². The Balaban J connectivity index is 1.71. The van der Waals surface area contributed by atoms with E-state index in [0.29, 0.717) is 16.8 Å². The first-order chi connectivity index (χ1) is 13.2. The zero-order valence-corrected chi connectivity index (χ0v) is 14.9. The smallest absolute Gasteiger partial charge is 0.247 e. The van der Waals surface area contributed by atoms with Gasteiger partial charge in [-0.05, 0) is 48.0 Å². The molecule has 0 saturated heterocycles. The number of nitrogens with zero attached hydrogens (tertiary/aromatic N) is 2. The third kappa shape index (κ3) is 3.99. The summed E-state index contributed by atoms with van der Waals surface area (Å²) >= 11 is 6.08. The number of rotatable bonds is 5. The van der Waals surface area contributed by atoms with Crippen LogP contribution in [0.1, 0.15) is 17.5 Å². The van der Waals surface area contributed by atoms with Crippen LogP contribution in [0.25, 0.3) is 11.5 Å². The molecule has 0 spiro atoms. The molecular formula is C21H15ClFN3O. The van der Waals surface area contributed by atoms with E-state index in [0.717, 1.165) is 16.8 Å². The predicted octanol–water partition coefficient (Wildman–Crippen LogP) is 5.73. The first-order valence-electron chi connectivity index (χ1n) is 8.35. The highest BCUT2D eigenvalue weighted by molar-refractivity contribution is 6.30. The van der Waals surface area contributed by atoms with Crippen molar-refractivity contribution >= 4 is 17.3 Å². The Morgan fingerprint density at radius 2 is 1.67 bits per heavy atom. The molecule has 1 unspecified atom stereocenters. The zero-order valence-electron chi connectivity index (χ0n) is 14.1. The van der Waals surface area contributed by atoms with E-state index in [1.807, 2.05) is 42.5 Å². The van der Waals surface area contributed by atoms with Crippen molar-refractivity contribution in [1.82, 2.24) is 10.2 Å². The molecule has 0 fully saturated rings. The summed E-state index contributed by atoms with van der Waals surface area (Å²) in [5.74, 6) is 0.488. The molecule has 1 atom stereocenters. The van der Waals surface area contributed by atoms with Crippen LogP contribution in [0.4, 0.5) is 10.1 Å². The lowest BCUT2D eigenvalue weighted by Gasteiger charge is -2.17. The Hall–Kier alpha value is -3.18. The molecule has 3 aromatic carbocycles. The van der Waals surface area contributed by atoms with Gasteiger partial charge >= 0.3 is 0 Å². The summed E-state index contributed by atoms with van der Waals surface area (Å²) in [4.78, 5) is 0. The van der Waals surface area contributed by atoms with Crippen LogP contribution < -0.4 is 5.32 Å². The summed E-state index contributed by atoms with van der Waals surface area (Å²) in [6.45, 7) is 0. The average Bonchev–Trinajstić information content (AvgIpc) is 3.18. The molecule has 6 heteroatoms. The second kappa shape index (κ2) is 7.60. The van der Waals surface area contributed by atoms with Crippen LogP contribution in [0, 0.1) is 5.82 Å². The quantitative estimate of drug-likeness (QED) is 0.481. The normalized spacial score (nSPS) is 11.9. The van der Waals surface area contributed by atoms with Crippen molar-refractivity contribution in [2.24, 2.45) is 0 Å². The third-order valence-corrected chi connectivity index (χ3v) is 4.28. The van der Waals surface area contributed by atoms with Crippen molar-refractivity contribution in [3.63, 3.8) is 0 Å². The van der Waals surface area contributed by atoms with Gasteiger partial charge in [-0.3, -0.25) is 0 Å². The Morgan fingerprint density at radius 3 is 2.41 bits per heavy atom. The van der Waals surface area contributed by atoms with E-state index in [4.69, 9.17) is 16.0 Å². The van der Waals surface area contributed by atoms with Crippen LogP contribution in [0.5, 0.6) is 0 Å². The summed E-state index contributed by atoms with van der Waals surface area (Å²) in [6.07, 6.45) is 0. The van der Waals surface area contributed by atoms with Gasteiger partial charge in [0.25, 0.3) is 0 Å². The molecule has 0 amide bonds. The highest BCUT2D eigenvalue weighted by Crippen LogP contribution is 2.29. The van der Waals surface area contributed by atoms with Crippen LogP contribution in [0.2, 0.25) is 5.02 Å².